The van der Waals surface area contributed by atoms with Crippen molar-refractivity contribution in [3.05, 3.63) is 118 Å². The van der Waals surface area contributed by atoms with Gasteiger partial charge in [-0.1, -0.05) is 47.3 Å². The molecular formula is C47H54N6O4Pt. The molecule has 8 bridgehead atoms. The standard InChI is InChI=1S/C36H42N4O4.C10H8N2.CH4.Pt/c1-17(2)35-21(7)27-13-25-19(5)23(9-11-33(41)42)29(37-25)16-30-24(10-12-34(43)44)20(6)26(38-30)14-31-36(18(3)4)22(8)28(40-31)15-32(35)39-27;1-3-7-11-9(5-1)10-6-2-4-8-12-10;;/h13-18,38,40H,9-12H2,1-8H3,(H,41,42)(H,43,44);1-8H;1H4;. The number of allylic oxidation sites excluding steroid dienone is 4. The minimum Gasteiger partial charge on any atom is -0.481 e. The van der Waals surface area contributed by atoms with Crippen molar-refractivity contribution in [3.8, 4) is 11.4 Å². The van der Waals surface area contributed by atoms with Crippen molar-refractivity contribution in [1.29, 1.82) is 0 Å². The Balaban J connectivity index is 0.000000453. The molecule has 5 aromatic rings. The van der Waals surface area contributed by atoms with Gasteiger partial charge in [0, 0.05) is 68.4 Å². The Labute approximate surface area is 355 Å². The molecule has 0 unspecified atom stereocenters. The Morgan fingerprint density at radius 2 is 1.14 bits per heavy atom. The molecule has 2 aliphatic rings. The van der Waals surface area contributed by atoms with E-state index in [-0.39, 0.29) is 53.2 Å². The number of fused-ring (bicyclic) bond motifs is 8. The smallest absolute Gasteiger partial charge is 0.303 e. The van der Waals surface area contributed by atoms with Crippen molar-refractivity contribution in [2.24, 2.45) is 5.92 Å². The molecule has 11 heteroatoms. The molecule has 0 saturated heterocycles. The molecule has 306 valence electrons. The van der Waals surface area contributed by atoms with Gasteiger partial charge in [-0.15, -0.1) is 0 Å². The average Bonchev–Trinajstić information content (AvgIpc) is 3.83. The number of aliphatic carboxylic acids is 2. The van der Waals surface area contributed by atoms with E-state index < -0.39 is 11.9 Å². The number of hydrogen-bond donors (Lipinski definition) is 4. The monoisotopic (exact) mass is 961 g/mol. The zero-order valence-corrected chi connectivity index (χ0v) is 36.0. The van der Waals surface area contributed by atoms with Gasteiger partial charge in [-0.25, -0.2) is 9.97 Å². The van der Waals surface area contributed by atoms with Gasteiger partial charge in [-0.05, 0) is 145 Å². The zero-order chi connectivity index (χ0) is 40.3. The summed E-state index contributed by atoms with van der Waals surface area (Å²) in [6, 6.07) is 19.8. The minimum absolute atomic E-state index is 0. The molecule has 7 rings (SSSR count). The van der Waals surface area contributed by atoms with Gasteiger partial charge < -0.3 is 20.2 Å². The maximum Gasteiger partial charge on any atom is 0.303 e. The van der Waals surface area contributed by atoms with E-state index in [0.717, 1.165) is 78.4 Å². The Bertz CT molecular complexity index is 2500. The van der Waals surface area contributed by atoms with Crippen LogP contribution in [-0.2, 0) is 37.1 Å². The van der Waals surface area contributed by atoms with Crippen molar-refractivity contribution < 1.29 is 40.9 Å². The summed E-state index contributed by atoms with van der Waals surface area (Å²) in [5.74, 6) is -1.20. The van der Waals surface area contributed by atoms with Crippen LogP contribution in [0.15, 0.2) is 73.1 Å². The number of carbonyl (C=O) groups is 2. The Kier molecular flexibility index (Phi) is 15.1. The van der Waals surface area contributed by atoms with Crippen LogP contribution in [0, 0.1) is 19.8 Å². The van der Waals surface area contributed by atoms with E-state index in [9.17, 15) is 19.8 Å². The van der Waals surface area contributed by atoms with Gasteiger partial charge in [-0.2, -0.15) is 0 Å². The number of aryl methyl sites for hydroxylation is 3. The fourth-order valence-electron chi connectivity index (χ4n) is 7.75. The maximum atomic E-state index is 11.6. The van der Waals surface area contributed by atoms with Gasteiger partial charge in [0.25, 0.3) is 0 Å². The number of pyridine rings is 2. The Morgan fingerprint density at radius 3 is 1.69 bits per heavy atom. The number of carboxylic acids is 2. The van der Waals surface area contributed by atoms with E-state index in [1.807, 2.05) is 62.4 Å². The first-order valence-corrected chi connectivity index (χ1v) is 19.2. The average molecular weight is 962 g/mol. The second kappa shape index (κ2) is 19.3. The first-order chi connectivity index (χ1) is 26.7. The molecule has 7 heterocycles. The minimum atomic E-state index is -0.869. The van der Waals surface area contributed by atoms with Gasteiger partial charge in [0.05, 0.1) is 34.2 Å². The zero-order valence-electron chi connectivity index (χ0n) is 33.7. The van der Waals surface area contributed by atoms with Crippen LogP contribution < -0.4 is 0 Å². The number of aromatic amines is 2. The first-order valence-electron chi connectivity index (χ1n) is 19.2. The SMILES string of the molecule is C.CC1=C(CCC(=O)O)c2cc3[nH]c(cc4[nH]c(cc5nc(cc1n2)C(C)=C5C(C)C)c(C)c4C(C)C)c(C)c3CCC(=O)O.[Pt].c1ccc(-c2ccccn2)nc1. The molecular weight excluding hydrogens is 908 g/mol. The largest absolute Gasteiger partial charge is 0.481 e. The van der Waals surface area contributed by atoms with Crippen LogP contribution in [0.25, 0.3) is 55.7 Å². The number of hydrogen-bond acceptors (Lipinski definition) is 6. The van der Waals surface area contributed by atoms with E-state index in [1.165, 1.54) is 16.7 Å². The molecule has 0 aromatic carbocycles. The third kappa shape index (κ3) is 9.79. The normalized spacial score (nSPS) is 12.2. The summed E-state index contributed by atoms with van der Waals surface area (Å²) in [5.41, 5.74) is 17.2. The second-order valence-electron chi connectivity index (χ2n) is 15.1. The van der Waals surface area contributed by atoms with Gasteiger partial charge in [0.15, 0.2) is 0 Å². The predicted molar refractivity (Wildman–Crippen MR) is 231 cm³/mol. The van der Waals surface area contributed by atoms with Crippen molar-refractivity contribution in [1.82, 2.24) is 29.9 Å². The van der Waals surface area contributed by atoms with Gasteiger partial charge in [-0.3, -0.25) is 19.6 Å². The van der Waals surface area contributed by atoms with Crippen LogP contribution in [0.5, 0.6) is 0 Å². The fraction of sp³-hybridized carbons (Fsp3) is 0.319. The van der Waals surface area contributed by atoms with Crippen molar-refractivity contribution in [2.45, 2.75) is 94.4 Å². The fourth-order valence-corrected chi connectivity index (χ4v) is 7.75. The number of carboxylic acid groups (broad SMARTS) is 2. The second-order valence-corrected chi connectivity index (χ2v) is 15.1. The molecule has 0 saturated carbocycles. The van der Waals surface area contributed by atoms with Crippen LogP contribution in [0.2, 0.25) is 0 Å². The van der Waals surface area contributed by atoms with E-state index in [1.54, 1.807) is 12.4 Å². The third-order valence-electron chi connectivity index (χ3n) is 10.6. The van der Waals surface area contributed by atoms with E-state index in [4.69, 9.17) is 9.97 Å². The van der Waals surface area contributed by atoms with Crippen LogP contribution in [-0.4, -0.2) is 52.1 Å². The Morgan fingerprint density at radius 1 is 0.603 bits per heavy atom. The summed E-state index contributed by atoms with van der Waals surface area (Å²) in [4.78, 5) is 49.0. The molecule has 4 N–H and O–H groups in total. The van der Waals surface area contributed by atoms with Crippen molar-refractivity contribution in [3.63, 3.8) is 0 Å². The predicted octanol–water partition coefficient (Wildman–Crippen LogP) is 11.2. The van der Waals surface area contributed by atoms with Crippen LogP contribution >= 0.6 is 0 Å². The van der Waals surface area contributed by atoms with E-state index in [0.29, 0.717) is 18.5 Å². The quantitative estimate of drug-likeness (QED) is 0.114. The Hall–Kier alpha value is -5.47. The molecule has 2 aliphatic heterocycles. The van der Waals surface area contributed by atoms with Gasteiger partial charge >= 0.3 is 11.9 Å². The summed E-state index contributed by atoms with van der Waals surface area (Å²) in [6.07, 6.45) is 4.21. The summed E-state index contributed by atoms with van der Waals surface area (Å²) in [5, 5.41) is 19.0. The van der Waals surface area contributed by atoms with Gasteiger partial charge in [0.1, 0.15) is 0 Å². The first kappa shape index (κ1) is 45.2. The van der Waals surface area contributed by atoms with E-state index in [2.05, 4.69) is 73.6 Å². The number of nitrogens with zero attached hydrogens (tertiary/aromatic N) is 4. The molecule has 58 heavy (non-hydrogen) atoms. The molecule has 0 atom stereocenters. The summed E-state index contributed by atoms with van der Waals surface area (Å²) < 4.78 is 0. The molecule has 0 fully saturated rings. The van der Waals surface area contributed by atoms with Crippen molar-refractivity contribution >= 4 is 56.3 Å². The van der Waals surface area contributed by atoms with Crippen molar-refractivity contribution in [2.75, 3.05) is 0 Å². The number of aromatic nitrogens is 6. The number of rotatable bonds is 9. The topological polar surface area (TPSA) is 158 Å². The van der Waals surface area contributed by atoms with Crippen LogP contribution in [0.1, 0.15) is 119 Å². The summed E-state index contributed by atoms with van der Waals surface area (Å²) >= 11 is 0. The molecule has 5 aromatic heterocycles. The van der Waals surface area contributed by atoms with E-state index >= 15 is 0 Å². The molecule has 0 spiro atoms. The molecule has 0 amide bonds. The number of nitrogens with one attached hydrogen (secondary N) is 2. The number of H-pyrrole nitrogens is 2. The summed E-state index contributed by atoms with van der Waals surface area (Å²) in [7, 11) is 0. The molecule has 0 aliphatic carbocycles. The maximum absolute atomic E-state index is 11.6. The third-order valence-corrected chi connectivity index (χ3v) is 10.6. The molecule has 10 nitrogen and oxygen atoms in total. The van der Waals surface area contributed by atoms with Crippen LogP contribution in [0.4, 0.5) is 0 Å². The molecule has 0 radical (unpaired) electrons. The summed E-state index contributed by atoms with van der Waals surface area (Å²) in [6.45, 7) is 17.0. The van der Waals surface area contributed by atoms with Gasteiger partial charge in [0.2, 0.25) is 0 Å². The van der Waals surface area contributed by atoms with Crippen LogP contribution in [0.3, 0.4) is 0 Å².